The zero-order valence-corrected chi connectivity index (χ0v) is 15.6. The van der Waals surface area contributed by atoms with Crippen LogP contribution in [0.3, 0.4) is 0 Å². The maximum Gasteiger partial charge on any atom is 0.449 e. The van der Waals surface area contributed by atoms with Gasteiger partial charge in [-0.15, -0.1) is 0 Å². The molecule has 0 bridgehead atoms. The number of fused-ring (bicyclic) bond motifs is 1. The molecule has 0 spiro atoms. The predicted octanol–water partition coefficient (Wildman–Crippen LogP) is 4.75. The highest BCUT2D eigenvalue weighted by molar-refractivity contribution is 5.89. The summed E-state index contributed by atoms with van der Waals surface area (Å²) < 4.78 is 46.4. The largest absolute Gasteiger partial charge is 0.449 e. The van der Waals surface area contributed by atoms with E-state index < -0.39 is 24.1 Å². The molecular weight excluding hydrogens is 387 g/mol. The van der Waals surface area contributed by atoms with Crippen LogP contribution in [0.4, 0.5) is 23.7 Å². The van der Waals surface area contributed by atoms with Crippen molar-refractivity contribution in [1.29, 1.82) is 0 Å². The van der Waals surface area contributed by atoms with Crippen molar-refractivity contribution in [3.8, 4) is 0 Å². The number of nitrogens with zero attached hydrogens (tertiary/aromatic N) is 2. The highest BCUT2D eigenvalue weighted by Gasteiger charge is 2.38. The van der Waals surface area contributed by atoms with Gasteiger partial charge in [0, 0.05) is 18.3 Å². The van der Waals surface area contributed by atoms with E-state index in [2.05, 4.69) is 10.3 Å². The van der Waals surface area contributed by atoms with Crippen LogP contribution >= 0.6 is 0 Å². The van der Waals surface area contributed by atoms with Crippen LogP contribution in [0.2, 0.25) is 0 Å². The number of imidazole rings is 1. The number of alkyl halides is 3. The summed E-state index contributed by atoms with van der Waals surface area (Å²) in [5, 5.41) is 11.6. The average molecular weight is 407 g/mol. The number of aliphatic hydroxyl groups is 1. The Bertz CT molecular complexity index is 987. The molecule has 154 valence electrons. The van der Waals surface area contributed by atoms with Crippen LogP contribution in [-0.4, -0.2) is 27.4 Å². The lowest BCUT2D eigenvalue weighted by Gasteiger charge is -2.17. The molecule has 6 nitrogen and oxygen atoms in total. The van der Waals surface area contributed by atoms with Crippen molar-refractivity contribution in [2.75, 3.05) is 11.9 Å². The Hall–Kier alpha value is -3.07. The van der Waals surface area contributed by atoms with Gasteiger partial charge in [0.25, 0.3) is 0 Å². The third-order valence-corrected chi connectivity index (χ3v) is 4.39. The number of aromatic nitrogens is 2. The second kappa shape index (κ2) is 8.52. The molecule has 9 heteroatoms. The van der Waals surface area contributed by atoms with Gasteiger partial charge in [0.15, 0.2) is 0 Å². The van der Waals surface area contributed by atoms with Crippen molar-refractivity contribution in [1.82, 2.24) is 9.55 Å². The summed E-state index contributed by atoms with van der Waals surface area (Å²) in [5.41, 5.74) is 1.43. The first-order valence-corrected chi connectivity index (χ1v) is 8.97. The van der Waals surface area contributed by atoms with E-state index in [1.807, 2.05) is 18.2 Å². The Morgan fingerprint density at radius 3 is 2.62 bits per heavy atom. The Labute approximate surface area is 164 Å². The number of carbonyl (C=O) groups is 1. The molecule has 3 aromatic rings. The number of amides is 1. The first-order chi connectivity index (χ1) is 13.8. The molecule has 1 aromatic heterocycles. The summed E-state index contributed by atoms with van der Waals surface area (Å²) in [6.45, 7) is 1.41. The minimum absolute atomic E-state index is 0.0699. The maximum absolute atomic E-state index is 13.4. The van der Waals surface area contributed by atoms with Crippen molar-refractivity contribution < 1.29 is 27.8 Å². The Morgan fingerprint density at radius 2 is 1.97 bits per heavy atom. The number of hydrogen-bond acceptors (Lipinski definition) is 4. The van der Waals surface area contributed by atoms with Gasteiger partial charge in [-0.3, -0.25) is 5.32 Å². The van der Waals surface area contributed by atoms with Gasteiger partial charge in [-0.25, -0.2) is 9.78 Å². The molecule has 0 aliphatic heterocycles. The van der Waals surface area contributed by atoms with Crippen LogP contribution in [0.5, 0.6) is 0 Å². The van der Waals surface area contributed by atoms with Crippen LogP contribution in [0, 0.1) is 0 Å². The normalized spacial score (nSPS) is 12.7. The minimum atomic E-state index is -4.65. The van der Waals surface area contributed by atoms with Crippen molar-refractivity contribution in [3.05, 3.63) is 59.9 Å². The summed E-state index contributed by atoms with van der Waals surface area (Å²) in [6.07, 6.45) is -5.22. The lowest BCUT2D eigenvalue weighted by atomic mass is 10.2. The van der Waals surface area contributed by atoms with E-state index in [1.165, 1.54) is 18.2 Å². The molecular formula is C20H20F3N3O3. The van der Waals surface area contributed by atoms with Crippen LogP contribution in [0.25, 0.3) is 11.0 Å². The summed E-state index contributed by atoms with van der Waals surface area (Å²) in [7, 11) is 0. The Morgan fingerprint density at radius 1 is 1.24 bits per heavy atom. The molecule has 0 radical (unpaired) electrons. The Balaban J connectivity index is 1.81. The molecule has 2 N–H and O–H groups in total. The highest BCUT2D eigenvalue weighted by Crippen LogP contribution is 2.35. The standard InChI is InChI=1S/C20H20F3N3O3/c1-13(9-10-27)26-17-8-7-15(11-16(17)25-18(26)20(21,22)23)24-19(28)29-12-14-5-3-2-4-6-14/h2-8,11,13,27H,9-10,12H2,1H3,(H,24,28). The zero-order valence-electron chi connectivity index (χ0n) is 15.6. The van der Waals surface area contributed by atoms with Crippen LogP contribution < -0.4 is 5.32 Å². The SMILES string of the molecule is CC(CCO)n1c(C(F)(F)F)nc2cc(NC(=O)OCc3ccccc3)ccc21. The summed E-state index contributed by atoms with van der Waals surface area (Å²) in [6, 6.07) is 12.8. The van der Waals surface area contributed by atoms with E-state index in [0.29, 0.717) is 0 Å². The number of benzene rings is 2. The van der Waals surface area contributed by atoms with E-state index in [9.17, 15) is 18.0 Å². The fourth-order valence-electron chi connectivity index (χ4n) is 3.02. The molecule has 3 rings (SSSR count). The number of hydrogen-bond donors (Lipinski definition) is 2. The van der Waals surface area contributed by atoms with Gasteiger partial charge in [0.2, 0.25) is 5.82 Å². The third-order valence-electron chi connectivity index (χ3n) is 4.39. The second-order valence-electron chi connectivity index (χ2n) is 6.55. The molecule has 1 heterocycles. The summed E-state index contributed by atoms with van der Waals surface area (Å²) in [4.78, 5) is 15.7. The molecule has 0 aliphatic carbocycles. The van der Waals surface area contributed by atoms with Crippen LogP contribution in [-0.2, 0) is 17.5 Å². The lowest BCUT2D eigenvalue weighted by Crippen LogP contribution is -2.18. The van der Waals surface area contributed by atoms with Gasteiger partial charge in [-0.1, -0.05) is 30.3 Å². The molecule has 29 heavy (non-hydrogen) atoms. The van der Waals surface area contributed by atoms with Crippen molar-refractivity contribution >= 4 is 22.8 Å². The lowest BCUT2D eigenvalue weighted by molar-refractivity contribution is -0.147. The van der Waals surface area contributed by atoms with E-state index in [1.54, 1.807) is 19.1 Å². The maximum atomic E-state index is 13.4. The second-order valence-corrected chi connectivity index (χ2v) is 6.55. The number of nitrogens with one attached hydrogen (secondary N) is 1. The van der Waals surface area contributed by atoms with Gasteiger partial charge in [-0.05, 0) is 37.1 Å². The zero-order chi connectivity index (χ0) is 21.0. The first-order valence-electron chi connectivity index (χ1n) is 8.97. The first kappa shape index (κ1) is 20.7. The monoisotopic (exact) mass is 407 g/mol. The summed E-state index contributed by atoms with van der Waals surface area (Å²) in [5.74, 6) is -1.04. The molecule has 0 fully saturated rings. The molecule has 0 saturated heterocycles. The predicted molar refractivity (Wildman–Crippen MR) is 101 cm³/mol. The number of carbonyl (C=O) groups excluding carboxylic acids is 1. The molecule has 1 atom stereocenters. The highest BCUT2D eigenvalue weighted by atomic mass is 19.4. The quantitative estimate of drug-likeness (QED) is 0.618. The van der Waals surface area contributed by atoms with Crippen molar-refractivity contribution in [2.45, 2.75) is 32.2 Å². The molecule has 1 unspecified atom stereocenters. The molecule has 2 aromatic carbocycles. The van der Waals surface area contributed by atoms with Gasteiger partial charge in [-0.2, -0.15) is 13.2 Å². The number of anilines is 1. The van der Waals surface area contributed by atoms with Gasteiger partial charge < -0.3 is 14.4 Å². The van der Waals surface area contributed by atoms with Crippen molar-refractivity contribution in [3.63, 3.8) is 0 Å². The van der Waals surface area contributed by atoms with E-state index in [-0.39, 0.29) is 36.4 Å². The smallest absolute Gasteiger partial charge is 0.444 e. The molecule has 0 saturated carbocycles. The fraction of sp³-hybridized carbons (Fsp3) is 0.300. The molecule has 0 aliphatic rings. The van der Waals surface area contributed by atoms with E-state index in [4.69, 9.17) is 9.84 Å². The Kier molecular flexibility index (Phi) is 6.07. The molecule has 1 amide bonds. The number of aliphatic hydroxyl groups excluding tert-OH is 1. The average Bonchev–Trinajstić information content (AvgIpc) is 3.07. The fourth-order valence-corrected chi connectivity index (χ4v) is 3.02. The van der Waals surface area contributed by atoms with Crippen LogP contribution in [0.15, 0.2) is 48.5 Å². The number of halogens is 3. The third kappa shape index (κ3) is 4.86. The topological polar surface area (TPSA) is 76.4 Å². The number of rotatable bonds is 6. The van der Waals surface area contributed by atoms with E-state index in [0.717, 1.165) is 10.1 Å². The van der Waals surface area contributed by atoms with Crippen LogP contribution in [0.1, 0.15) is 30.8 Å². The van der Waals surface area contributed by atoms with E-state index >= 15 is 0 Å². The van der Waals surface area contributed by atoms with Gasteiger partial charge >= 0.3 is 12.3 Å². The minimum Gasteiger partial charge on any atom is -0.444 e. The van der Waals surface area contributed by atoms with Crippen molar-refractivity contribution in [2.24, 2.45) is 0 Å². The van der Waals surface area contributed by atoms with Gasteiger partial charge in [0.1, 0.15) is 6.61 Å². The van der Waals surface area contributed by atoms with Gasteiger partial charge in [0.05, 0.1) is 11.0 Å². The number of ether oxygens (including phenoxy) is 1. The summed E-state index contributed by atoms with van der Waals surface area (Å²) >= 11 is 0.